The second kappa shape index (κ2) is 5.69. The maximum Gasteiger partial charge on any atom is 0.272 e. The smallest absolute Gasteiger partial charge is 0.272 e. The Labute approximate surface area is 96.2 Å². The quantitative estimate of drug-likeness (QED) is 0.303. The molecule has 0 amide bonds. The molecule has 0 bridgehead atoms. The van der Waals surface area contributed by atoms with E-state index in [0.717, 1.165) is 0 Å². The monoisotopic (exact) mass is 244 g/mol. The Kier molecular flexibility index (Phi) is 4.53. The molecule has 0 aliphatic rings. The number of nitrogens with two attached hydrogens (primary N) is 1. The molecule has 0 heterocycles. The van der Waals surface area contributed by atoms with Gasteiger partial charge in [-0.15, -0.1) is 11.8 Å². The van der Waals surface area contributed by atoms with E-state index >= 15 is 0 Å². The van der Waals surface area contributed by atoms with E-state index in [1.807, 2.05) is 0 Å². The number of nitro benzene ring substituents is 1. The lowest BCUT2D eigenvalue weighted by Crippen LogP contribution is -2.14. The van der Waals surface area contributed by atoms with Gasteiger partial charge in [0.15, 0.2) is 0 Å². The number of aliphatic hydroxyl groups is 2. The van der Waals surface area contributed by atoms with Crippen LogP contribution in [0.4, 0.5) is 11.4 Å². The maximum atomic E-state index is 10.6. The number of non-ortho nitro benzene ring substituents is 1. The second-order valence-electron chi connectivity index (χ2n) is 3.16. The van der Waals surface area contributed by atoms with Crippen LogP contribution in [0.25, 0.3) is 0 Å². The lowest BCUT2D eigenvalue weighted by molar-refractivity contribution is -0.385. The molecule has 4 N–H and O–H groups in total. The predicted molar refractivity (Wildman–Crippen MR) is 61.3 cm³/mol. The number of rotatable bonds is 5. The summed E-state index contributed by atoms with van der Waals surface area (Å²) in [6.45, 7) is -0.336. The molecule has 1 rings (SSSR count). The Balaban J connectivity index is 2.76. The maximum absolute atomic E-state index is 10.6. The molecule has 0 radical (unpaired) electrons. The molecule has 0 aliphatic heterocycles. The lowest BCUT2D eigenvalue weighted by atomic mass is 10.3. The molecule has 1 aromatic carbocycles. The number of anilines is 1. The van der Waals surface area contributed by atoms with Crippen LogP contribution in [0.5, 0.6) is 0 Å². The predicted octanol–water partition coefficient (Wildman–Crippen LogP) is 0.622. The van der Waals surface area contributed by atoms with Crippen LogP contribution in [0.1, 0.15) is 0 Å². The van der Waals surface area contributed by atoms with Crippen molar-refractivity contribution in [2.45, 2.75) is 11.0 Å². The summed E-state index contributed by atoms with van der Waals surface area (Å²) >= 11 is 1.20. The van der Waals surface area contributed by atoms with E-state index in [2.05, 4.69) is 0 Å². The van der Waals surface area contributed by atoms with Crippen LogP contribution in [0, 0.1) is 10.1 Å². The first kappa shape index (κ1) is 12.8. The molecule has 88 valence electrons. The summed E-state index contributed by atoms with van der Waals surface area (Å²) in [5.41, 5.74) is 5.73. The number of benzene rings is 1. The van der Waals surface area contributed by atoms with E-state index in [1.165, 1.54) is 23.9 Å². The molecule has 1 unspecified atom stereocenters. The molecule has 0 fully saturated rings. The van der Waals surface area contributed by atoms with Crippen molar-refractivity contribution in [3.05, 3.63) is 28.3 Å². The Hall–Kier alpha value is -1.31. The zero-order valence-corrected chi connectivity index (χ0v) is 9.18. The van der Waals surface area contributed by atoms with Gasteiger partial charge in [0.2, 0.25) is 0 Å². The molecule has 16 heavy (non-hydrogen) atoms. The Morgan fingerprint density at radius 2 is 2.19 bits per heavy atom. The molecule has 6 nitrogen and oxygen atoms in total. The van der Waals surface area contributed by atoms with Gasteiger partial charge in [0, 0.05) is 28.5 Å². The summed E-state index contributed by atoms with van der Waals surface area (Å²) in [6, 6.07) is 4.24. The van der Waals surface area contributed by atoms with Crippen LogP contribution in [-0.4, -0.2) is 33.6 Å². The number of nitrogen functional groups attached to an aromatic ring is 1. The molecular weight excluding hydrogens is 232 g/mol. The Morgan fingerprint density at radius 1 is 1.50 bits per heavy atom. The minimum Gasteiger partial charge on any atom is -0.398 e. The first-order valence-corrected chi connectivity index (χ1v) is 5.48. The topological polar surface area (TPSA) is 110 Å². The Bertz CT molecular complexity index is 386. The van der Waals surface area contributed by atoms with E-state index in [9.17, 15) is 10.1 Å². The summed E-state index contributed by atoms with van der Waals surface area (Å²) in [7, 11) is 0. The van der Waals surface area contributed by atoms with Gasteiger partial charge in [0.25, 0.3) is 5.69 Å². The fourth-order valence-electron chi connectivity index (χ4n) is 1.04. The average molecular weight is 244 g/mol. The molecule has 0 aliphatic carbocycles. The summed E-state index contributed by atoms with van der Waals surface area (Å²) in [5.74, 6) is 0.261. The van der Waals surface area contributed by atoms with Crippen LogP contribution in [-0.2, 0) is 0 Å². The summed E-state index contributed by atoms with van der Waals surface area (Å²) in [6.07, 6.45) is -0.842. The number of thioether (sulfide) groups is 1. The van der Waals surface area contributed by atoms with Crippen LogP contribution in [0.3, 0.4) is 0 Å². The van der Waals surface area contributed by atoms with E-state index in [0.29, 0.717) is 10.6 Å². The molecule has 0 saturated heterocycles. The number of nitro groups is 1. The molecular formula is C9H12N2O4S. The van der Waals surface area contributed by atoms with Gasteiger partial charge < -0.3 is 15.9 Å². The van der Waals surface area contributed by atoms with Gasteiger partial charge >= 0.3 is 0 Å². The van der Waals surface area contributed by atoms with Gasteiger partial charge in [0.05, 0.1) is 17.6 Å². The van der Waals surface area contributed by atoms with Gasteiger partial charge in [0.1, 0.15) is 0 Å². The molecule has 1 atom stereocenters. The summed E-state index contributed by atoms with van der Waals surface area (Å²) < 4.78 is 0. The number of nitrogens with zero attached hydrogens (tertiary/aromatic N) is 1. The highest BCUT2D eigenvalue weighted by Gasteiger charge is 2.10. The molecule has 1 aromatic rings. The lowest BCUT2D eigenvalue weighted by Gasteiger charge is -2.06. The van der Waals surface area contributed by atoms with Crippen molar-refractivity contribution in [2.75, 3.05) is 18.1 Å². The average Bonchev–Trinajstić information content (AvgIpc) is 2.25. The minimum atomic E-state index is -0.842. The highest BCUT2D eigenvalue weighted by molar-refractivity contribution is 7.99. The first-order chi connectivity index (χ1) is 7.52. The van der Waals surface area contributed by atoms with E-state index in [4.69, 9.17) is 15.9 Å². The highest BCUT2D eigenvalue weighted by atomic mass is 32.2. The van der Waals surface area contributed by atoms with Crippen molar-refractivity contribution in [2.24, 2.45) is 0 Å². The summed E-state index contributed by atoms with van der Waals surface area (Å²) in [4.78, 5) is 10.6. The third kappa shape index (κ3) is 3.69. The van der Waals surface area contributed by atoms with E-state index in [1.54, 1.807) is 6.07 Å². The van der Waals surface area contributed by atoms with Gasteiger partial charge in [-0.2, -0.15) is 0 Å². The van der Waals surface area contributed by atoms with Crippen molar-refractivity contribution in [3.63, 3.8) is 0 Å². The van der Waals surface area contributed by atoms with Gasteiger partial charge in [-0.05, 0) is 6.07 Å². The number of hydrogen-bond acceptors (Lipinski definition) is 6. The van der Waals surface area contributed by atoms with Crippen LogP contribution < -0.4 is 5.73 Å². The number of hydrogen-bond donors (Lipinski definition) is 3. The highest BCUT2D eigenvalue weighted by Crippen LogP contribution is 2.26. The molecule has 7 heteroatoms. The van der Waals surface area contributed by atoms with Crippen LogP contribution >= 0.6 is 11.8 Å². The van der Waals surface area contributed by atoms with Crippen molar-refractivity contribution in [3.8, 4) is 0 Å². The third-order valence-corrected chi connectivity index (χ3v) is 2.90. The summed E-state index contributed by atoms with van der Waals surface area (Å²) in [5, 5.41) is 28.3. The third-order valence-electron chi connectivity index (χ3n) is 1.78. The minimum absolute atomic E-state index is 0.0824. The zero-order valence-electron chi connectivity index (χ0n) is 8.37. The van der Waals surface area contributed by atoms with Crippen molar-refractivity contribution >= 4 is 23.1 Å². The standard InChI is InChI=1S/C9H12N2O4S/c10-6-1-7(11(14)15)3-9(2-6)16-5-8(13)4-12/h1-3,8,12-13H,4-5,10H2. The molecule has 0 spiro atoms. The fraction of sp³-hybridized carbons (Fsp3) is 0.333. The fourth-order valence-corrected chi connectivity index (χ4v) is 1.95. The second-order valence-corrected chi connectivity index (χ2v) is 4.26. The van der Waals surface area contributed by atoms with E-state index in [-0.39, 0.29) is 18.0 Å². The van der Waals surface area contributed by atoms with Gasteiger partial charge in [-0.1, -0.05) is 0 Å². The van der Waals surface area contributed by atoms with Gasteiger partial charge in [-0.3, -0.25) is 10.1 Å². The largest absolute Gasteiger partial charge is 0.398 e. The first-order valence-electron chi connectivity index (χ1n) is 4.49. The zero-order chi connectivity index (χ0) is 12.1. The Morgan fingerprint density at radius 3 is 2.75 bits per heavy atom. The SMILES string of the molecule is Nc1cc(SCC(O)CO)cc([N+](=O)[O-])c1. The number of aliphatic hydroxyl groups excluding tert-OH is 2. The van der Waals surface area contributed by atoms with E-state index < -0.39 is 11.0 Å². The molecule has 0 aromatic heterocycles. The van der Waals surface area contributed by atoms with Crippen molar-refractivity contribution in [1.82, 2.24) is 0 Å². The van der Waals surface area contributed by atoms with Crippen LogP contribution in [0.2, 0.25) is 0 Å². The normalized spacial score (nSPS) is 12.4. The van der Waals surface area contributed by atoms with Crippen molar-refractivity contribution < 1.29 is 15.1 Å². The molecule has 0 saturated carbocycles. The van der Waals surface area contributed by atoms with Crippen molar-refractivity contribution in [1.29, 1.82) is 0 Å². The van der Waals surface area contributed by atoms with Crippen LogP contribution in [0.15, 0.2) is 23.1 Å². The van der Waals surface area contributed by atoms with Gasteiger partial charge in [-0.25, -0.2) is 0 Å².